The summed E-state index contributed by atoms with van der Waals surface area (Å²) in [4.78, 5) is 32.3. The van der Waals surface area contributed by atoms with Crippen LogP contribution in [0.4, 0.5) is 5.69 Å². The van der Waals surface area contributed by atoms with Crippen LogP contribution in [0.5, 0.6) is 0 Å². The van der Waals surface area contributed by atoms with Gasteiger partial charge in [-0.1, -0.05) is 48.5 Å². The lowest BCUT2D eigenvalue weighted by Gasteiger charge is -2.07. The molecule has 28 heavy (non-hydrogen) atoms. The number of nitrogens with zero attached hydrogens (tertiary/aromatic N) is 2. The molecule has 2 aromatic rings. The monoisotopic (exact) mass is 378 g/mol. The van der Waals surface area contributed by atoms with E-state index < -0.39 is 6.04 Å². The van der Waals surface area contributed by atoms with Crippen LogP contribution in [-0.2, 0) is 16.0 Å². The summed E-state index contributed by atoms with van der Waals surface area (Å²) in [6.07, 6.45) is 0.690. The Kier molecular flexibility index (Phi) is 6.35. The Morgan fingerprint density at radius 1 is 1.11 bits per heavy atom. The first-order valence-electron chi connectivity index (χ1n) is 8.95. The van der Waals surface area contributed by atoms with Crippen molar-refractivity contribution in [3.05, 3.63) is 66.2 Å². The van der Waals surface area contributed by atoms with Crippen LogP contribution in [0.2, 0.25) is 0 Å². The minimum absolute atomic E-state index is 0.0360. The number of nitrogens with two attached hydrogens (primary N) is 1. The van der Waals surface area contributed by atoms with Gasteiger partial charge in [0.1, 0.15) is 6.04 Å². The molecule has 144 valence electrons. The lowest BCUT2D eigenvalue weighted by atomic mass is 10.1. The zero-order chi connectivity index (χ0) is 19.8. The minimum atomic E-state index is -0.806. The van der Waals surface area contributed by atoms with Crippen molar-refractivity contribution in [1.82, 2.24) is 10.6 Å². The van der Waals surface area contributed by atoms with Crippen LogP contribution in [0, 0.1) is 0 Å². The fourth-order valence-corrected chi connectivity index (χ4v) is 2.68. The Labute approximate surface area is 163 Å². The van der Waals surface area contributed by atoms with Crippen LogP contribution in [0.15, 0.2) is 70.6 Å². The van der Waals surface area contributed by atoms with Crippen molar-refractivity contribution < 1.29 is 9.59 Å². The van der Waals surface area contributed by atoms with Crippen LogP contribution in [0.3, 0.4) is 0 Å². The predicted octanol–water partition coefficient (Wildman–Crippen LogP) is 1.02. The van der Waals surface area contributed by atoms with Gasteiger partial charge in [0.15, 0.2) is 0 Å². The summed E-state index contributed by atoms with van der Waals surface area (Å²) in [6, 6.07) is 18.3. The highest BCUT2D eigenvalue weighted by Gasteiger charge is 2.28. The second kappa shape index (κ2) is 9.31. The Morgan fingerprint density at radius 3 is 2.50 bits per heavy atom. The topological polar surface area (TPSA) is 121 Å². The molecule has 3 rings (SSSR count). The van der Waals surface area contributed by atoms with Crippen LogP contribution in [0.1, 0.15) is 12.0 Å². The fraction of sp³-hybridized carbons (Fsp3) is 0.200. The third-order valence-corrected chi connectivity index (χ3v) is 4.05. The Bertz CT molecular complexity index is 880. The number of hydrogen-bond donors (Lipinski definition) is 4. The Balaban J connectivity index is 1.48. The maximum atomic E-state index is 12.1. The summed E-state index contributed by atoms with van der Waals surface area (Å²) < 4.78 is 0. The molecule has 5 N–H and O–H groups in total. The van der Waals surface area contributed by atoms with Gasteiger partial charge in [0, 0.05) is 12.2 Å². The molecule has 0 aliphatic carbocycles. The van der Waals surface area contributed by atoms with E-state index in [9.17, 15) is 9.59 Å². The number of nitrogens with one attached hydrogen (secondary N) is 3. The summed E-state index contributed by atoms with van der Waals surface area (Å²) in [6.45, 7) is 0.500. The first-order chi connectivity index (χ1) is 13.6. The minimum Gasteiger partial charge on any atom is -0.369 e. The summed E-state index contributed by atoms with van der Waals surface area (Å²) in [5.41, 5.74) is 7.73. The fourth-order valence-electron chi connectivity index (χ4n) is 2.68. The second-order valence-electron chi connectivity index (χ2n) is 6.24. The van der Waals surface area contributed by atoms with E-state index in [4.69, 9.17) is 5.73 Å². The standard InChI is InChI=1S/C20H22N6O2/c21-19(23-15-9-5-2-6-10-15)26-20-24-16(18(28)25-20)13-17(27)22-12-11-14-7-3-1-4-8-14/h1-10,16H,11-13H2,(H,22,27)(H4,21,23,24,25,26,28). The number of guanidine groups is 2. The summed E-state index contributed by atoms with van der Waals surface area (Å²) >= 11 is 0. The molecule has 1 atom stereocenters. The van der Waals surface area contributed by atoms with E-state index >= 15 is 0 Å². The molecular formula is C20H22N6O2. The number of rotatable bonds is 6. The molecule has 0 spiro atoms. The van der Waals surface area contributed by atoms with Gasteiger partial charge < -0.3 is 16.4 Å². The van der Waals surface area contributed by atoms with E-state index in [0.29, 0.717) is 6.54 Å². The van der Waals surface area contributed by atoms with Gasteiger partial charge in [-0.3, -0.25) is 14.9 Å². The molecule has 1 heterocycles. The number of carbonyl (C=O) groups excluding carboxylic acids is 2. The molecule has 0 saturated heterocycles. The molecule has 0 radical (unpaired) electrons. The number of carbonyl (C=O) groups is 2. The maximum Gasteiger partial charge on any atom is 0.252 e. The van der Waals surface area contributed by atoms with Crippen molar-refractivity contribution in [3.8, 4) is 0 Å². The highest BCUT2D eigenvalue weighted by molar-refractivity contribution is 6.11. The molecule has 0 saturated carbocycles. The number of benzene rings is 2. The molecule has 0 bridgehead atoms. The lowest BCUT2D eigenvalue weighted by Crippen LogP contribution is -2.34. The zero-order valence-corrected chi connectivity index (χ0v) is 15.3. The van der Waals surface area contributed by atoms with E-state index in [0.717, 1.165) is 17.7 Å². The SMILES string of the molecule is N/C(=N\C1=NC(CC(=O)NCCc2ccccc2)C(=O)N1)Nc1ccccc1. The van der Waals surface area contributed by atoms with Gasteiger partial charge in [0.05, 0.1) is 6.42 Å². The average molecular weight is 378 g/mol. The smallest absolute Gasteiger partial charge is 0.252 e. The molecular weight excluding hydrogens is 356 g/mol. The van der Waals surface area contributed by atoms with Gasteiger partial charge in [0.2, 0.25) is 17.8 Å². The van der Waals surface area contributed by atoms with Crippen molar-refractivity contribution >= 4 is 29.4 Å². The van der Waals surface area contributed by atoms with Gasteiger partial charge in [-0.2, -0.15) is 4.99 Å². The van der Waals surface area contributed by atoms with Crippen molar-refractivity contribution in [2.24, 2.45) is 15.7 Å². The van der Waals surface area contributed by atoms with Crippen LogP contribution in [0.25, 0.3) is 0 Å². The first-order valence-corrected chi connectivity index (χ1v) is 8.95. The number of amides is 2. The van der Waals surface area contributed by atoms with E-state index in [1.807, 2.05) is 60.7 Å². The second-order valence-corrected chi connectivity index (χ2v) is 6.24. The van der Waals surface area contributed by atoms with Crippen molar-refractivity contribution in [1.29, 1.82) is 0 Å². The maximum absolute atomic E-state index is 12.1. The van der Waals surface area contributed by atoms with E-state index in [1.165, 1.54) is 0 Å². The van der Waals surface area contributed by atoms with Crippen molar-refractivity contribution in [3.63, 3.8) is 0 Å². The van der Waals surface area contributed by atoms with Crippen LogP contribution < -0.4 is 21.7 Å². The molecule has 2 aromatic carbocycles. The Morgan fingerprint density at radius 2 is 1.79 bits per heavy atom. The third-order valence-electron chi connectivity index (χ3n) is 4.05. The largest absolute Gasteiger partial charge is 0.369 e. The Hall–Kier alpha value is -3.68. The van der Waals surface area contributed by atoms with Crippen LogP contribution in [-0.4, -0.2) is 36.3 Å². The predicted molar refractivity (Wildman–Crippen MR) is 109 cm³/mol. The molecule has 0 aromatic heterocycles. The highest BCUT2D eigenvalue weighted by atomic mass is 16.2. The number of aliphatic imine (C=N–C) groups is 2. The molecule has 2 amide bonds. The number of hydrogen-bond acceptors (Lipinski definition) is 4. The summed E-state index contributed by atoms with van der Waals surface area (Å²) in [5.74, 6) is -0.420. The lowest BCUT2D eigenvalue weighted by molar-refractivity contribution is -0.126. The first kappa shape index (κ1) is 19.1. The summed E-state index contributed by atoms with van der Waals surface area (Å²) in [7, 11) is 0. The van der Waals surface area contributed by atoms with Gasteiger partial charge in [0.25, 0.3) is 5.91 Å². The molecule has 1 aliphatic rings. The van der Waals surface area contributed by atoms with E-state index in [1.54, 1.807) is 0 Å². The van der Waals surface area contributed by atoms with Gasteiger partial charge >= 0.3 is 0 Å². The quantitative estimate of drug-likeness (QED) is 0.443. The van der Waals surface area contributed by atoms with Gasteiger partial charge in [-0.25, -0.2) is 4.99 Å². The zero-order valence-electron chi connectivity index (χ0n) is 15.3. The molecule has 8 heteroatoms. The van der Waals surface area contributed by atoms with Crippen molar-refractivity contribution in [2.45, 2.75) is 18.9 Å². The third kappa shape index (κ3) is 5.66. The van der Waals surface area contributed by atoms with Crippen molar-refractivity contribution in [2.75, 3.05) is 11.9 Å². The molecule has 0 fully saturated rings. The van der Waals surface area contributed by atoms with Gasteiger partial charge in [-0.05, 0) is 24.1 Å². The van der Waals surface area contributed by atoms with Gasteiger partial charge in [-0.15, -0.1) is 0 Å². The average Bonchev–Trinajstić information content (AvgIpc) is 3.02. The van der Waals surface area contributed by atoms with E-state index in [2.05, 4.69) is 25.9 Å². The highest BCUT2D eigenvalue weighted by Crippen LogP contribution is 2.08. The number of para-hydroxylation sites is 1. The number of anilines is 1. The van der Waals surface area contributed by atoms with Crippen LogP contribution >= 0.6 is 0 Å². The normalized spacial score (nSPS) is 16.3. The van der Waals surface area contributed by atoms with E-state index in [-0.39, 0.29) is 30.2 Å². The summed E-state index contributed by atoms with van der Waals surface area (Å²) in [5, 5.41) is 8.24. The molecule has 1 aliphatic heterocycles. The molecule has 8 nitrogen and oxygen atoms in total. The molecule has 1 unspecified atom stereocenters.